The number of benzene rings is 1. The number of nitrogens with two attached hydrogens (primary N) is 1. The number of thiophene rings is 1. The molecule has 2 N–H and O–H groups in total. The molecule has 2 aromatic rings. The van der Waals surface area contributed by atoms with E-state index >= 15 is 0 Å². The fourth-order valence-corrected chi connectivity index (χ4v) is 2.75. The fourth-order valence-electron chi connectivity index (χ4n) is 1.38. The highest BCUT2D eigenvalue weighted by atomic mass is 79.9. The van der Waals surface area contributed by atoms with Gasteiger partial charge in [-0.2, -0.15) is 11.3 Å². The van der Waals surface area contributed by atoms with E-state index in [2.05, 4.69) is 21.3 Å². The van der Waals surface area contributed by atoms with Gasteiger partial charge in [0.05, 0.1) is 6.04 Å². The van der Waals surface area contributed by atoms with Gasteiger partial charge in [-0.25, -0.2) is 0 Å². The van der Waals surface area contributed by atoms with Gasteiger partial charge in [0, 0.05) is 9.50 Å². The molecule has 1 atom stereocenters. The van der Waals surface area contributed by atoms with Gasteiger partial charge in [-0.05, 0) is 46.2 Å². The van der Waals surface area contributed by atoms with E-state index in [0.717, 1.165) is 15.6 Å². The first-order valence-corrected chi connectivity index (χ1v) is 6.52. The van der Waals surface area contributed by atoms with Gasteiger partial charge in [-0.15, -0.1) is 0 Å². The van der Waals surface area contributed by atoms with Crippen LogP contribution in [0.4, 0.5) is 0 Å². The summed E-state index contributed by atoms with van der Waals surface area (Å²) < 4.78 is 0.991. The minimum atomic E-state index is -0.121. The zero-order valence-electron chi connectivity index (χ0n) is 7.78. The van der Waals surface area contributed by atoms with Crippen LogP contribution in [0.15, 0.2) is 39.5 Å². The van der Waals surface area contributed by atoms with Gasteiger partial charge in [-0.3, -0.25) is 0 Å². The van der Waals surface area contributed by atoms with E-state index in [4.69, 9.17) is 17.3 Å². The average molecular weight is 303 g/mol. The first-order chi connectivity index (χ1) is 7.18. The number of halogens is 2. The summed E-state index contributed by atoms with van der Waals surface area (Å²) >= 11 is 11.1. The zero-order valence-corrected chi connectivity index (χ0v) is 10.9. The molecule has 0 aliphatic rings. The second-order valence-electron chi connectivity index (χ2n) is 3.20. The van der Waals surface area contributed by atoms with Crippen molar-refractivity contribution in [3.8, 4) is 0 Å². The van der Waals surface area contributed by atoms with Crippen LogP contribution >= 0.6 is 38.9 Å². The van der Waals surface area contributed by atoms with Crippen molar-refractivity contribution in [3.63, 3.8) is 0 Å². The second-order valence-corrected chi connectivity index (χ2v) is 5.27. The molecular formula is C11H9BrClNS. The zero-order chi connectivity index (χ0) is 10.8. The SMILES string of the molecule is N[C@@H](c1ccsc1)c1cc(Cl)ccc1Br. The van der Waals surface area contributed by atoms with Gasteiger partial charge in [0.15, 0.2) is 0 Å². The molecule has 0 aliphatic carbocycles. The molecule has 15 heavy (non-hydrogen) atoms. The highest BCUT2D eigenvalue weighted by Gasteiger charge is 2.12. The molecule has 78 valence electrons. The van der Waals surface area contributed by atoms with Crippen molar-refractivity contribution >= 4 is 38.9 Å². The fraction of sp³-hybridized carbons (Fsp3) is 0.0909. The topological polar surface area (TPSA) is 26.0 Å². The summed E-state index contributed by atoms with van der Waals surface area (Å²) in [5.41, 5.74) is 8.28. The van der Waals surface area contributed by atoms with E-state index in [1.807, 2.05) is 29.6 Å². The average Bonchev–Trinajstić information content (AvgIpc) is 2.74. The first-order valence-electron chi connectivity index (χ1n) is 4.41. The molecule has 1 heterocycles. The molecule has 0 amide bonds. The van der Waals surface area contributed by atoms with Gasteiger partial charge in [0.25, 0.3) is 0 Å². The Labute approximate surface area is 106 Å². The number of rotatable bonds is 2. The maximum atomic E-state index is 6.15. The summed E-state index contributed by atoms with van der Waals surface area (Å²) in [5, 5.41) is 4.78. The van der Waals surface area contributed by atoms with E-state index in [0.29, 0.717) is 5.02 Å². The van der Waals surface area contributed by atoms with Crippen molar-refractivity contribution in [2.24, 2.45) is 5.73 Å². The van der Waals surface area contributed by atoms with Gasteiger partial charge < -0.3 is 5.73 Å². The molecular weight excluding hydrogens is 294 g/mol. The Hall–Kier alpha value is -0.350. The molecule has 0 radical (unpaired) electrons. The number of hydrogen-bond acceptors (Lipinski definition) is 2. The molecule has 1 nitrogen and oxygen atoms in total. The molecule has 0 saturated heterocycles. The van der Waals surface area contributed by atoms with Crippen molar-refractivity contribution in [2.45, 2.75) is 6.04 Å². The Morgan fingerprint density at radius 1 is 1.33 bits per heavy atom. The summed E-state index contributed by atoms with van der Waals surface area (Å²) in [7, 11) is 0. The Bertz CT molecular complexity index is 456. The Morgan fingerprint density at radius 2 is 2.13 bits per heavy atom. The highest BCUT2D eigenvalue weighted by Crippen LogP contribution is 2.30. The molecule has 1 aromatic carbocycles. The lowest BCUT2D eigenvalue weighted by molar-refractivity contribution is 0.871. The molecule has 0 bridgehead atoms. The normalized spacial score (nSPS) is 12.7. The van der Waals surface area contributed by atoms with Gasteiger partial charge >= 0.3 is 0 Å². The number of hydrogen-bond donors (Lipinski definition) is 1. The predicted octanol–water partition coefficient (Wildman–Crippen LogP) is 4.21. The predicted molar refractivity (Wildman–Crippen MR) is 69.5 cm³/mol. The van der Waals surface area contributed by atoms with Gasteiger partial charge in [0.1, 0.15) is 0 Å². The highest BCUT2D eigenvalue weighted by molar-refractivity contribution is 9.10. The summed E-state index contributed by atoms with van der Waals surface area (Å²) in [6.45, 7) is 0. The first kappa shape index (κ1) is 11.1. The van der Waals surface area contributed by atoms with Gasteiger partial charge in [0.2, 0.25) is 0 Å². The van der Waals surface area contributed by atoms with Crippen molar-refractivity contribution < 1.29 is 0 Å². The summed E-state index contributed by atoms with van der Waals surface area (Å²) in [5.74, 6) is 0. The maximum absolute atomic E-state index is 6.15. The molecule has 0 fully saturated rings. The van der Waals surface area contributed by atoms with E-state index in [1.165, 1.54) is 0 Å². The second kappa shape index (κ2) is 4.66. The van der Waals surface area contributed by atoms with Crippen LogP contribution < -0.4 is 5.73 Å². The monoisotopic (exact) mass is 301 g/mol. The van der Waals surface area contributed by atoms with Crippen LogP contribution in [-0.4, -0.2) is 0 Å². The largest absolute Gasteiger partial charge is 0.320 e. The van der Waals surface area contributed by atoms with Crippen molar-refractivity contribution in [2.75, 3.05) is 0 Å². The summed E-state index contributed by atoms with van der Waals surface area (Å²) in [6, 6.07) is 7.57. The van der Waals surface area contributed by atoms with E-state index in [1.54, 1.807) is 11.3 Å². The lowest BCUT2D eigenvalue weighted by Crippen LogP contribution is -2.11. The molecule has 0 aliphatic heterocycles. The van der Waals surface area contributed by atoms with Crippen LogP contribution in [0.3, 0.4) is 0 Å². The molecule has 2 rings (SSSR count). The van der Waals surface area contributed by atoms with E-state index in [-0.39, 0.29) is 6.04 Å². The third-order valence-corrected chi connectivity index (χ3v) is 3.85. The Kier molecular flexibility index (Phi) is 3.46. The van der Waals surface area contributed by atoms with Gasteiger partial charge in [-0.1, -0.05) is 27.5 Å². The molecule has 0 spiro atoms. The van der Waals surface area contributed by atoms with Crippen LogP contribution in [0.5, 0.6) is 0 Å². The van der Waals surface area contributed by atoms with Crippen LogP contribution in [0, 0.1) is 0 Å². The lowest BCUT2D eigenvalue weighted by atomic mass is 10.0. The molecule has 4 heteroatoms. The van der Waals surface area contributed by atoms with Crippen LogP contribution in [0.2, 0.25) is 5.02 Å². The maximum Gasteiger partial charge on any atom is 0.0571 e. The van der Waals surface area contributed by atoms with E-state index < -0.39 is 0 Å². The van der Waals surface area contributed by atoms with Crippen LogP contribution in [-0.2, 0) is 0 Å². The molecule has 0 unspecified atom stereocenters. The third kappa shape index (κ3) is 2.42. The lowest BCUT2D eigenvalue weighted by Gasteiger charge is -2.12. The molecule has 0 saturated carbocycles. The smallest absolute Gasteiger partial charge is 0.0571 e. The Balaban J connectivity index is 2.41. The van der Waals surface area contributed by atoms with Crippen molar-refractivity contribution in [1.82, 2.24) is 0 Å². The van der Waals surface area contributed by atoms with Crippen molar-refractivity contribution in [3.05, 3.63) is 55.6 Å². The summed E-state index contributed by atoms with van der Waals surface area (Å²) in [6.07, 6.45) is 0. The third-order valence-electron chi connectivity index (χ3n) is 2.20. The van der Waals surface area contributed by atoms with Crippen molar-refractivity contribution in [1.29, 1.82) is 0 Å². The minimum absolute atomic E-state index is 0.121. The standard InChI is InChI=1S/C11H9BrClNS/c12-10-2-1-8(13)5-9(10)11(14)7-3-4-15-6-7/h1-6,11H,14H2/t11-/m0/s1. The molecule has 1 aromatic heterocycles. The minimum Gasteiger partial charge on any atom is -0.320 e. The van der Waals surface area contributed by atoms with Crippen LogP contribution in [0.25, 0.3) is 0 Å². The quantitative estimate of drug-likeness (QED) is 0.883. The Morgan fingerprint density at radius 3 is 2.80 bits per heavy atom. The van der Waals surface area contributed by atoms with E-state index in [9.17, 15) is 0 Å². The van der Waals surface area contributed by atoms with Crippen LogP contribution in [0.1, 0.15) is 17.2 Å². The summed E-state index contributed by atoms with van der Waals surface area (Å²) in [4.78, 5) is 0.